The fourth-order valence-electron chi connectivity index (χ4n) is 4.98. The van der Waals surface area contributed by atoms with E-state index >= 15 is 0 Å². The number of benzene rings is 2. The number of aryl methyl sites for hydroxylation is 1. The van der Waals surface area contributed by atoms with Crippen molar-refractivity contribution in [3.8, 4) is 0 Å². The summed E-state index contributed by atoms with van der Waals surface area (Å²) in [6, 6.07) is 18.5. The van der Waals surface area contributed by atoms with Gasteiger partial charge in [-0.15, -0.1) is 24.8 Å². The zero-order valence-corrected chi connectivity index (χ0v) is 20.3. The molecule has 0 amide bonds. The van der Waals surface area contributed by atoms with E-state index in [0.717, 1.165) is 61.1 Å². The molecule has 5 rings (SSSR count). The number of nitrogen functional groups attached to an aromatic ring is 1. The number of ketones is 1. The average Bonchev–Trinajstić information content (AvgIpc) is 2.80. The van der Waals surface area contributed by atoms with Crippen LogP contribution in [0.3, 0.4) is 0 Å². The number of allylic oxidation sites excluding steroid dienone is 2. The van der Waals surface area contributed by atoms with Crippen molar-refractivity contribution >= 4 is 47.2 Å². The third-order valence-electron chi connectivity index (χ3n) is 6.81. The van der Waals surface area contributed by atoms with E-state index in [1.165, 1.54) is 18.4 Å². The Kier molecular flexibility index (Phi) is 8.52. The Morgan fingerprint density at radius 1 is 0.970 bits per heavy atom. The van der Waals surface area contributed by atoms with E-state index in [1.807, 2.05) is 24.3 Å². The van der Waals surface area contributed by atoms with E-state index in [9.17, 15) is 4.79 Å². The molecule has 2 aromatic carbocycles. The molecule has 33 heavy (non-hydrogen) atoms. The Hall–Kier alpha value is -2.40. The van der Waals surface area contributed by atoms with Gasteiger partial charge >= 0.3 is 0 Å². The Morgan fingerprint density at radius 3 is 2.42 bits per heavy atom. The number of hydrogen-bond acceptors (Lipinski definition) is 4. The number of carbonyl (C=O) groups is 1. The molecule has 1 fully saturated rings. The molecule has 3 aromatic rings. The third-order valence-corrected chi connectivity index (χ3v) is 6.81. The Bertz CT molecular complexity index is 1140. The molecule has 0 atom stereocenters. The fourth-order valence-corrected chi connectivity index (χ4v) is 4.98. The normalized spacial score (nSPS) is 17.9. The first kappa shape index (κ1) is 25.2. The van der Waals surface area contributed by atoms with Gasteiger partial charge in [-0.2, -0.15) is 0 Å². The molecule has 174 valence electrons. The molecule has 4 nitrogen and oxygen atoms in total. The molecule has 2 aliphatic rings. The standard InChI is InChI=1S/C27H29N3O.2ClH/c28-26-22-8-4-5-9-23(22)29-24-13-12-21(27(31)25(24)26)11-10-19-14-16-30(17-15-19)18-20-6-2-1-3-7-20;;/h1-9,11,19H,10,12-18H2,(H2,28,29);2*1H. The van der Waals surface area contributed by atoms with Crippen molar-refractivity contribution in [2.45, 2.75) is 38.6 Å². The summed E-state index contributed by atoms with van der Waals surface area (Å²) >= 11 is 0. The number of rotatable bonds is 4. The van der Waals surface area contributed by atoms with Gasteiger partial charge in [-0.3, -0.25) is 14.7 Å². The molecule has 1 aliphatic carbocycles. The van der Waals surface area contributed by atoms with Gasteiger partial charge in [-0.1, -0.05) is 54.6 Å². The lowest BCUT2D eigenvalue weighted by Gasteiger charge is -2.31. The van der Waals surface area contributed by atoms with E-state index in [0.29, 0.717) is 17.2 Å². The molecule has 1 aromatic heterocycles. The number of carbonyl (C=O) groups excluding carboxylic acids is 1. The van der Waals surface area contributed by atoms with Gasteiger partial charge in [0.05, 0.1) is 22.5 Å². The molecule has 6 heteroatoms. The van der Waals surface area contributed by atoms with Gasteiger partial charge in [0, 0.05) is 11.9 Å². The zero-order chi connectivity index (χ0) is 21.2. The maximum Gasteiger partial charge on any atom is 0.192 e. The van der Waals surface area contributed by atoms with Gasteiger partial charge in [0.2, 0.25) is 0 Å². The largest absolute Gasteiger partial charge is 0.398 e. The summed E-state index contributed by atoms with van der Waals surface area (Å²) in [5.74, 6) is 0.735. The van der Waals surface area contributed by atoms with E-state index in [4.69, 9.17) is 10.7 Å². The summed E-state index contributed by atoms with van der Waals surface area (Å²) in [5.41, 5.74) is 11.7. The van der Waals surface area contributed by atoms with Gasteiger partial charge in [0.25, 0.3) is 0 Å². The number of pyridine rings is 1. The number of nitrogens with two attached hydrogens (primary N) is 1. The molecule has 0 spiro atoms. The smallest absolute Gasteiger partial charge is 0.192 e. The van der Waals surface area contributed by atoms with E-state index in [-0.39, 0.29) is 30.6 Å². The molecule has 0 bridgehead atoms. The average molecular weight is 484 g/mol. The highest BCUT2D eigenvalue weighted by Gasteiger charge is 2.27. The number of Topliss-reactive ketones (excluding diaryl/α,β-unsaturated/α-hetero) is 1. The number of aromatic nitrogens is 1. The van der Waals surface area contributed by atoms with E-state index < -0.39 is 0 Å². The molecule has 0 saturated carbocycles. The molecular weight excluding hydrogens is 453 g/mol. The SMILES string of the molecule is Cl.Cl.Nc1c2c(nc3ccccc13)CCC(=CCC1CCN(Cc3ccccc3)CC1)C2=O. The molecule has 1 aliphatic heterocycles. The fraction of sp³-hybridized carbons (Fsp3) is 0.333. The highest BCUT2D eigenvalue weighted by atomic mass is 35.5. The zero-order valence-electron chi connectivity index (χ0n) is 18.7. The summed E-state index contributed by atoms with van der Waals surface area (Å²) in [5, 5.41) is 0.877. The van der Waals surface area contributed by atoms with Crippen LogP contribution < -0.4 is 5.73 Å². The van der Waals surface area contributed by atoms with Crippen molar-refractivity contribution in [1.82, 2.24) is 9.88 Å². The first-order valence-corrected chi connectivity index (χ1v) is 11.4. The van der Waals surface area contributed by atoms with Gasteiger partial charge < -0.3 is 5.73 Å². The second kappa shape index (κ2) is 11.1. The first-order chi connectivity index (χ1) is 15.2. The van der Waals surface area contributed by atoms with Crippen molar-refractivity contribution in [2.75, 3.05) is 18.8 Å². The summed E-state index contributed by atoms with van der Waals surface area (Å²) < 4.78 is 0. The van der Waals surface area contributed by atoms with Gasteiger partial charge in [0.1, 0.15) is 0 Å². The molecule has 1 saturated heterocycles. The van der Waals surface area contributed by atoms with Crippen molar-refractivity contribution in [2.24, 2.45) is 5.92 Å². The number of halogens is 2. The topological polar surface area (TPSA) is 59.2 Å². The monoisotopic (exact) mass is 483 g/mol. The minimum atomic E-state index is 0. The van der Waals surface area contributed by atoms with Crippen molar-refractivity contribution < 1.29 is 4.79 Å². The lowest BCUT2D eigenvalue weighted by Crippen LogP contribution is -2.33. The predicted molar refractivity (Wildman–Crippen MR) is 140 cm³/mol. The number of para-hydroxylation sites is 1. The summed E-state index contributed by atoms with van der Waals surface area (Å²) in [6.45, 7) is 3.29. The second-order valence-corrected chi connectivity index (χ2v) is 8.86. The number of hydrogen-bond donors (Lipinski definition) is 1. The Balaban J connectivity index is 0.00000153. The number of fused-ring (bicyclic) bond motifs is 2. The maximum atomic E-state index is 13.2. The van der Waals surface area contributed by atoms with Crippen LogP contribution in [0.1, 0.15) is 47.3 Å². The Labute approximate surface area is 208 Å². The Morgan fingerprint density at radius 2 is 1.67 bits per heavy atom. The molecule has 0 unspecified atom stereocenters. The van der Waals surface area contributed by atoms with Crippen LogP contribution >= 0.6 is 24.8 Å². The van der Waals surface area contributed by atoms with E-state index in [2.05, 4.69) is 41.3 Å². The van der Waals surface area contributed by atoms with Crippen LogP contribution in [-0.4, -0.2) is 28.8 Å². The number of piperidine rings is 1. The van der Waals surface area contributed by atoms with Gasteiger partial charge in [0.15, 0.2) is 5.78 Å². The molecule has 2 N–H and O–H groups in total. The molecule has 0 radical (unpaired) electrons. The molecular formula is C27H31Cl2N3O. The van der Waals surface area contributed by atoms with Crippen LogP contribution in [0.25, 0.3) is 10.9 Å². The highest BCUT2D eigenvalue weighted by Crippen LogP contribution is 2.34. The quantitative estimate of drug-likeness (QED) is 0.460. The lowest BCUT2D eigenvalue weighted by molar-refractivity contribution is 0.102. The van der Waals surface area contributed by atoms with Crippen molar-refractivity contribution in [3.63, 3.8) is 0 Å². The van der Waals surface area contributed by atoms with Crippen molar-refractivity contribution in [3.05, 3.63) is 83.1 Å². The number of likely N-dealkylation sites (tertiary alicyclic amines) is 1. The van der Waals surface area contributed by atoms with Gasteiger partial charge in [-0.25, -0.2) is 0 Å². The van der Waals surface area contributed by atoms with E-state index in [1.54, 1.807) is 0 Å². The maximum absolute atomic E-state index is 13.2. The number of anilines is 1. The summed E-state index contributed by atoms with van der Waals surface area (Å²) in [6.07, 6.45) is 7.11. The predicted octanol–water partition coefficient (Wildman–Crippen LogP) is 6.02. The lowest BCUT2D eigenvalue weighted by atomic mass is 9.85. The number of nitrogens with zero attached hydrogens (tertiary/aromatic N) is 2. The van der Waals surface area contributed by atoms with Gasteiger partial charge in [-0.05, 0) is 68.3 Å². The first-order valence-electron chi connectivity index (χ1n) is 11.4. The third kappa shape index (κ3) is 5.40. The molecule has 2 heterocycles. The minimum Gasteiger partial charge on any atom is -0.398 e. The highest BCUT2D eigenvalue weighted by molar-refractivity contribution is 6.16. The summed E-state index contributed by atoms with van der Waals surface area (Å²) in [4.78, 5) is 20.5. The van der Waals surface area contributed by atoms with Crippen LogP contribution in [-0.2, 0) is 13.0 Å². The second-order valence-electron chi connectivity index (χ2n) is 8.86. The summed E-state index contributed by atoms with van der Waals surface area (Å²) in [7, 11) is 0. The van der Waals surface area contributed by atoms with Crippen LogP contribution in [0.5, 0.6) is 0 Å². The van der Waals surface area contributed by atoms with Crippen LogP contribution in [0.2, 0.25) is 0 Å². The van der Waals surface area contributed by atoms with Crippen molar-refractivity contribution in [1.29, 1.82) is 0 Å². The van der Waals surface area contributed by atoms with Crippen LogP contribution in [0, 0.1) is 5.92 Å². The van der Waals surface area contributed by atoms with Crippen LogP contribution in [0.4, 0.5) is 5.69 Å². The van der Waals surface area contributed by atoms with Crippen LogP contribution in [0.15, 0.2) is 66.2 Å². The minimum absolute atomic E-state index is 0.